The number of aryl methyl sites for hydroxylation is 1. The van der Waals surface area contributed by atoms with Crippen molar-refractivity contribution in [2.75, 3.05) is 5.32 Å². The molecule has 3 aromatic rings. The van der Waals surface area contributed by atoms with Gasteiger partial charge in [-0.3, -0.25) is 10.1 Å². The number of benzene rings is 2. The fourth-order valence-electron chi connectivity index (χ4n) is 2.74. The number of thiazole rings is 1. The SMILES string of the molecule is Cc1ccccc1/C=C(\C#N)C(=O)Nc1ncc(Cc2cc(C(F)(F)F)ccc2Cl)s1. The van der Waals surface area contributed by atoms with E-state index in [2.05, 4.69) is 10.3 Å². The van der Waals surface area contributed by atoms with Crippen molar-refractivity contribution >= 4 is 40.1 Å². The van der Waals surface area contributed by atoms with Crippen molar-refractivity contribution in [2.24, 2.45) is 0 Å². The van der Waals surface area contributed by atoms with Crippen LogP contribution in [0.15, 0.2) is 54.2 Å². The van der Waals surface area contributed by atoms with Crippen LogP contribution in [-0.2, 0) is 17.4 Å². The predicted molar refractivity (Wildman–Crippen MR) is 115 cm³/mol. The van der Waals surface area contributed by atoms with Crippen molar-refractivity contribution in [3.05, 3.63) is 86.4 Å². The number of amides is 1. The standard InChI is InChI=1S/C22H15ClF3N3OS/c1-13-4-2-3-5-14(13)8-16(11-27)20(30)29-21-28-12-18(31-21)10-15-9-17(22(24,25)26)6-7-19(15)23/h2-9,12H,10H2,1H3,(H,28,29,30)/b16-8+. The van der Waals surface area contributed by atoms with E-state index in [1.54, 1.807) is 12.1 Å². The molecule has 0 aliphatic heterocycles. The van der Waals surface area contributed by atoms with Gasteiger partial charge in [-0.25, -0.2) is 4.98 Å². The van der Waals surface area contributed by atoms with Crippen LogP contribution >= 0.6 is 22.9 Å². The molecule has 0 aliphatic rings. The summed E-state index contributed by atoms with van der Waals surface area (Å²) < 4.78 is 38.8. The minimum atomic E-state index is -4.47. The monoisotopic (exact) mass is 461 g/mol. The van der Waals surface area contributed by atoms with E-state index >= 15 is 0 Å². The number of anilines is 1. The van der Waals surface area contributed by atoms with Gasteiger partial charge in [0, 0.05) is 22.5 Å². The average Bonchev–Trinajstić information content (AvgIpc) is 3.14. The van der Waals surface area contributed by atoms with E-state index in [0.717, 1.165) is 34.6 Å². The highest BCUT2D eigenvalue weighted by molar-refractivity contribution is 7.15. The first kappa shape index (κ1) is 22.5. The third-order valence-corrected chi connectivity index (χ3v) is 5.65. The van der Waals surface area contributed by atoms with E-state index in [-0.39, 0.29) is 22.1 Å². The molecule has 4 nitrogen and oxygen atoms in total. The number of nitrogens with one attached hydrogen (secondary N) is 1. The van der Waals surface area contributed by atoms with E-state index in [9.17, 15) is 23.2 Å². The zero-order chi connectivity index (χ0) is 22.6. The van der Waals surface area contributed by atoms with Crippen LogP contribution in [0.1, 0.15) is 27.1 Å². The maximum Gasteiger partial charge on any atom is 0.416 e. The van der Waals surface area contributed by atoms with Gasteiger partial charge in [0.25, 0.3) is 5.91 Å². The Kier molecular flexibility index (Phi) is 6.78. The third-order valence-electron chi connectivity index (χ3n) is 4.37. The van der Waals surface area contributed by atoms with Crippen LogP contribution in [0.2, 0.25) is 5.02 Å². The van der Waals surface area contributed by atoms with Crippen molar-refractivity contribution in [1.82, 2.24) is 4.98 Å². The van der Waals surface area contributed by atoms with Crippen LogP contribution in [0, 0.1) is 18.3 Å². The summed E-state index contributed by atoms with van der Waals surface area (Å²) in [4.78, 5) is 17.1. The van der Waals surface area contributed by atoms with Gasteiger partial charge in [-0.05, 0) is 47.9 Å². The van der Waals surface area contributed by atoms with Gasteiger partial charge >= 0.3 is 6.18 Å². The second-order valence-corrected chi connectivity index (χ2v) is 8.12. The first-order chi connectivity index (χ1) is 14.7. The number of nitrogens with zero attached hydrogens (tertiary/aromatic N) is 2. The lowest BCUT2D eigenvalue weighted by molar-refractivity contribution is -0.137. The Morgan fingerprint density at radius 2 is 2.03 bits per heavy atom. The number of aromatic nitrogens is 1. The van der Waals surface area contributed by atoms with Crippen molar-refractivity contribution in [2.45, 2.75) is 19.5 Å². The molecule has 1 amide bonds. The Morgan fingerprint density at radius 3 is 2.71 bits per heavy atom. The summed E-state index contributed by atoms with van der Waals surface area (Å²) >= 11 is 7.14. The summed E-state index contributed by atoms with van der Waals surface area (Å²) in [6, 6.07) is 12.3. The second kappa shape index (κ2) is 9.33. The van der Waals surface area contributed by atoms with Crippen LogP contribution in [-0.4, -0.2) is 10.9 Å². The van der Waals surface area contributed by atoms with Crippen LogP contribution < -0.4 is 5.32 Å². The van der Waals surface area contributed by atoms with E-state index in [1.165, 1.54) is 18.3 Å². The van der Waals surface area contributed by atoms with Crippen LogP contribution in [0.25, 0.3) is 6.08 Å². The minimum absolute atomic E-state index is 0.0908. The van der Waals surface area contributed by atoms with Crippen molar-refractivity contribution in [3.8, 4) is 6.07 Å². The number of carbonyl (C=O) groups excluding carboxylic acids is 1. The highest BCUT2D eigenvalue weighted by atomic mass is 35.5. The lowest BCUT2D eigenvalue weighted by atomic mass is 10.1. The molecule has 0 saturated heterocycles. The summed E-state index contributed by atoms with van der Waals surface area (Å²) in [5.41, 5.74) is 1.08. The summed E-state index contributed by atoms with van der Waals surface area (Å²) in [5, 5.41) is 12.3. The van der Waals surface area contributed by atoms with Crippen LogP contribution in [0.5, 0.6) is 0 Å². The maximum atomic E-state index is 12.9. The first-order valence-electron chi connectivity index (χ1n) is 8.96. The number of alkyl halides is 3. The Balaban J connectivity index is 1.75. The lowest BCUT2D eigenvalue weighted by Gasteiger charge is -2.09. The number of hydrogen-bond acceptors (Lipinski definition) is 4. The number of hydrogen-bond donors (Lipinski definition) is 1. The normalized spacial score (nSPS) is 11.8. The molecule has 0 aliphatic carbocycles. The molecule has 0 fully saturated rings. The van der Waals surface area contributed by atoms with Gasteiger partial charge in [-0.15, -0.1) is 11.3 Å². The van der Waals surface area contributed by atoms with E-state index in [0.29, 0.717) is 10.4 Å². The van der Waals surface area contributed by atoms with Crippen molar-refractivity contribution in [1.29, 1.82) is 5.26 Å². The van der Waals surface area contributed by atoms with Gasteiger partial charge < -0.3 is 0 Å². The van der Waals surface area contributed by atoms with Gasteiger partial charge in [-0.1, -0.05) is 35.9 Å². The third kappa shape index (κ3) is 5.72. The van der Waals surface area contributed by atoms with Crippen molar-refractivity contribution < 1.29 is 18.0 Å². The molecule has 0 radical (unpaired) electrons. The first-order valence-corrected chi connectivity index (χ1v) is 10.2. The second-order valence-electron chi connectivity index (χ2n) is 6.59. The molecule has 158 valence electrons. The number of carbonyl (C=O) groups is 1. The molecule has 31 heavy (non-hydrogen) atoms. The molecule has 1 heterocycles. The molecular formula is C22H15ClF3N3OS. The van der Waals surface area contributed by atoms with Crippen molar-refractivity contribution in [3.63, 3.8) is 0 Å². The highest BCUT2D eigenvalue weighted by Gasteiger charge is 2.31. The summed E-state index contributed by atoms with van der Waals surface area (Å²) in [6.45, 7) is 1.87. The van der Waals surface area contributed by atoms with Gasteiger partial charge in [-0.2, -0.15) is 18.4 Å². The topological polar surface area (TPSA) is 65.8 Å². The summed E-state index contributed by atoms with van der Waals surface area (Å²) in [7, 11) is 0. The van der Waals surface area contributed by atoms with Gasteiger partial charge in [0.2, 0.25) is 0 Å². The zero-order valence-electron chi connectivity index (χ0n) is 16.1. The fourth-order valence-corrected chi connectivity index (χ4v) is 3.75. The van der Waals surface area contributed by atoms with Gasteiger partial charge in [0.05, 0.1) is 5.56 Å². The molecule has 1 aromatic heterocycles. The zero-order valence-corrected chi connectivity index (χ0v) is 17.7. The summed E-state index contributed by atoms with van der Waals surface area (Å²) in [5.74, 6) is -0.622. The van der Waals surface area contributed by atoms with Gasteiger partial charge in [0.1, 0.15) is 11.6 Å². The van der Waals surface area contributed by atoms with Gasteiger partial charge in [0.15, 0.2) is 5.13 Å². The van der Waals surface area contributed by atoms with E-state index in [4.69, 9.17) is 11.6 Å². The number of halogens is 4. The summed E-state index contributed by atoms with van der Waals surface area (Å²) in [6.07, 6.45) is -1.40. The Labute approximate surface area is 185 Å². The molecule has 9 heteroatoms. The molecule has 0 bridgehead atoms. The number of rotatable bonds is 5. The van der Waals surface area contributed by atoms with E-state index in [1.807, 2.05) is 25.1 Å². The molecule has 0 spiro atoms. The molecule has 1 N–H and O–H groups in total. The van der Waals surface area contributed by atoms with Crippen LogP contribution in [0.4, 0.5) is 18.3 Å². The molecule has 0 atom stereocenters. The largest absolute Gasteiger partial charge is 0.416 e. The molecule has 0 saturated carbocycles. The maximum absolute atomic E-state index is 12.9. The molecule has 2 aromatic carbocycles. The lowest BCUT2D eigenvalue weighted by Crippen LogP contribution is -2.13. The quantitative estimate of drug-likeness (QED) is 0.360. The predicted octanol–water partition coefficient (Wildman–Crippen LogP) is 6.26. The molecule has 0 unspecified atom stereocenters. The Morgan fingerprint density at radius 1 is 1.29 bits per heavy atom. The fraction of sp³-hybridized carbons (Fsp3) is 0.136. The highest BCUT2D eigenvalue weighted by Crippen LogP contribution is 2.33. The van der Waals surface area contributed by atoms with Crippen LogP contribution in [0.3, 0.4) is 0 Å². The molecule has 3 rings (SSSR count). The minimum Gasteiger partial charge on any atom is -0.297 e. The smallest absolute Gasteiger partial charge is 0.297 e. The average molecular weight is 462 g/mol. The number of nitriles is 1. The Bertz CT molecular complexity index is 1200. The Hall–Kier alpha value is -3.15. The van der Waals surface area contributed by atoms with E-state index < -0.39 is 17.6 Å². The molecular weight excluding hydrogens is 447 g/mol.